The van der Waals surface area contributed by atoms with Gasteiger partial charge < -0.3 is 4.74 Å². The molecule has 0 spiro atoms. The second-order valence-electron chi connectivity index (χ2n) is 4.34. The predicted octanol–water partition coefficient (Wildman–Crippen LogP) is 2.74. The summed E-state index contributed by atoms with van der Waals surface area (Å²) in [5.74, 6) is 0. The largest absolute Gasteiger partial charge is 0.444 e. The van der Waals surface area contributed by atoms with Gasteiger partial charge in [0.2, 0.25) is 10.0 Å². The fourth-order valence-corrected chi connectivity index (χ4v) is 2.72. The van der Waals surface area contributed by atoms with Crippen molar-refractivity contribution in [3.8, 4) is 0 Å². The van der Waals surface area contributed by atoms with Crippen molar-refractivity contribution < 1.29 is 17.9 Å². The number of hydrogen-bond acceptors (Lipinski definition) is 4. The fraction of sp³-hybridized carbons (Fsp3) is 0.0714. The first-order chi connectivity index (χ1) is 10.4. The molecule has 2 aromatic carbocycles. The van der Waals surface area contributed by atoms with Gasteiger partial charge in [-0.3, -0.25) is 5.32 Å². The van der Waals surface area contributed by atoms with Gasteiger partial charge in [0.15, 0.2) is 0 Å². The second-order valence-corrected chi connectivity index (χ2v) is 6.28. The molecule has 0 aromatic heterocycles. The van der Waals surface area contributed by atoms with Gasteiger partial charge in [-0.15, -0.1) is 0 Å². The third kappa shape index (κ3) is 4.20. The Kier molecular flexibility index (Phi) is 5.02. The second kappa shape index (κ2) is 6.78. The normalized spacial score (nSPS) is 11.0. The number of primary sulfonamides is 1. The van der Waals surface area contributed by atoms with E-state index in [0.717, 1.165) is 5.56 Å². The van der Waals surface area contributed by atoms with E-state index >= 15 is 0 Å². The monoisotopic (exact) mass is 340 g/mol. The van der Waals surface area contributed by atoms with Crippen LogP contribution in [0.5, 0.6) is 0 Å². The van der Waals surface area contributed by atoms with Crippen molar-refractivity contribution in [2.24, 2.45) is 5.14 Å². The van der Waals surface area contributed by atoms with Crippen LogP contribution < -0.4 is 10.5 Å². The lowest BCUT2D eigenvalue weighted by molar-refractivity contribution is 0.155. The average molecular weight is 341 g/mol. The van der Waals surface area contributed by atoms with Crippen LogP contribution in [0.2, 0.25) is 5.02 Å². The highest BCUT2D eigenvalue weighted by Crippen LogP contribution is 2.28. The van der Waals surface area contributed by atoms with Crippen molar-refractivity contribution >= 4 is 33.4 Å². The molecule has 2 rings (SSSR count). The Balaban J connectivity index is 2.12. The summed E-state index contributed by atoms with van der Waals surface area (Å²) in [7, 11) is -4.02. The summed E-state index contributed by atoms with van der Waals surface area (Å²) < 4.78 is 28.0. The lowest BCUT2D eigenvalue weighted by Gasteiger charge is -2.11. The van der Waals surface area contributed by atoms with Crippen molar-refractivity contribution in [1.82, 2.24) is 0 Å². The predicted molar refractivity (Wildman–Crippen MR) is 83.1 cm³/mol. The molecule has 0 saturated carbocycles. The Hall–Kier alpha value is -2.09. The van der Waals surface area contributed by atoms with E-state index in [1.807, 2.05) is 18.2 Å². The molecule has 0 fully saturated rings. The van der Waals surface area contributed by atoms with Crippen LogP contribution in [-0.4, -0.2) is 14.5 Å². The smallest absolute Gasteiger partial charge is 0.412 e. The van der Waals surface area contributed by atoms with Crippen molar-refractivity contribution in [2.75, 3.05) is 5.32 Å². The molecule has 0 aliphatic carbocycles. The summed E-state index contributed by atoms with van der Waals surface area (Å²) in [6.45, 7) is 0.0435. The maximum absolute atomic E-state index is 11.8. The summed E-state index contributed by atoms with van der Waals surface area (Å²) >= 11 is 5.91. The maximum Gasteiger partial charge on any atom is 0.412 e. The van der Waals surface area contributed by atoms with Gasteiger partial charge in [0.25, 0.3) is 0 Å². The third-order valence-corrected chi connectivity index (χ3v) is 3.99. The van der Waals surface area contributed by atoms with Gasteiger partial charge in [-0.2, -0.15) is 0 Å². The summed E-state index contributed by atoms with van der Waals surface area (Å²) in [5, 5.41) is 7.44. The third-order valence-electron chi connectivity index (χ3n) is 2.72. The Labute approximate surface area is 132 Å². The Morgan fingerprint density at radius 1 is 1.14 bits per heavy atom. The SMILES string of the molecule is NS(=O)(=O)c1cccc(Cl)c1NC(=O)OCc1ccccc1. The molecule has 0 unspecified atom stereocenters. The standard InChI is InChI=1S/C14H13ClN2O4S/c15-11-7-4-8-12(22(16,19)20)13(11)17-14(18)21-9-10-5-2-1-3-6-10/h1-8H,9H2,(H,17,18)(H2,16,19,20). The van der Waals surface area contributed by atoms with Gasteiger partial charge in [-0.05, 0) is 17.7 Å². The van der Waals surface area contributed by atoms with Crippen LogP contribution in [0.3, 0.4) is 0 Å². The highest BCUT2D eigenvalue weighted by molar-refractivity contribution is 7.89. The molecule has 2 aromatic rings. The first kappa shape index (κ1) is 16.3. The summed E-state index contributed by atoms with van der Waals surface area (Å²) in [6.07, 6.45) is -0.832. The number of benzene rings is 2. The molecule has 8 heteroatoms. The number of amides is 1. The van der Waals surface area contributed by atoms with Crippen LogP contribution in [0.4, 0.5) is 10.5 Å². The van der Waals surface area contributed by atoms with E-state index in [-0.39, 0.29) is 22.2 Å². The average Bonchev–Trinajstić information content (AvgIpc) is 2.47. The van der Waals surface area contributed by atoms with Gasteiger partial charge in [0.05, 0.1) is 10.7 Å². The molecule has 0 radical (unpaired) electrons. The lowest BCUT2D eigenvalue weighted by atomic mass is 10.2. The molecule has 22 heavy (non-hydrogen) atoms. The molecule has 0 aliphatic heterocycles. The zero-order valence-corrected chi connectivity index (χ0v) is 12.9. The van der Waals surface area contributed by atoms with Gasteiger partial charge in [-0.25, -0.2) is 18.4 Å². The van der Waals surface area contributed by atoms with Crippen molar-refractivity contribution in [3.63, 3.8) is 0 Å². The molecule has 0 atom stereocenters. The minimum Gasteiger partial charge on any atom is -0.444 e. The number of nitrogens with one attached hydrogen (secondary N) is 1. The van der Waals surface area contributed by atoms with Gasteiger partial charge >= 0.3 is 6.09 Å². The van der Waals surface area contributed by atoms with E-state index in [0.29, 0.717) is 0 Å². The van der Waals surface area contributed by atoms with Crippen molar-refractivity contribution in [1.29, 1.82) is 0 Å². The molecule has 116 valence electrons. The number of hydrogen-bond donors (Lipinski definition) is 2. The number of para-hydroxylation sites is 1. The molecule has 0 heterocycles. The van der Waals surface area contributed by atoms with Crippen LogP contribution in [0.25, 0.3) is 0 Å². The van der Waals surface area contributed by atoms with Crippen LogP contribution in [0.15, 0.2) is 53.4 Å². The maximum atomic E-state index is 11.8. The number of anilines is 1. The fourth-order valence-electron chi connectivity index (χ4n) is 1.72. The highest BCUT2D eigenvalue weighted by atomic mass is 35.5. The van der Waals surface area contributed by atoms with Gasteiger partial charge in [0, 0.05) is 0 Å². The minimum absolute atomic E-state index is 0.0435. The molecular weight excluding hydrogens is 328 g/mol. The zero-order chi connectivity index (χ0) is 16.2. The highest BCUT2D eigenvalue weighted by Gasteiger charge is 2.18. The molecular formula is C14H13ClN2O4S. The molecule has 0 bridgehead atoms. The number of carbonyl (C=O) groups is 1. The topological polar surface area (TPSA) is 98.5 Å². The summed E-state index contributed by atoms with van der Waals surface area (Å²) in [5.41, 5.74) is 0.688. The van der Waals surface area contributed by atoms with Crippen LogP contribution in [0.1, 0.15) is 5.56 Å². The van der Waals surface area contributed by atoms with Crippen LogP contribution >= 0.6 is 11.6 Å². The van der Waals surface area contributed by atoms with Crippen molar-refractivity contribution in [3.05, 3.63) is 59.1 Å². The summed E-state index contributed by atoms with van der Waals surface area (Å²) in [4.78, 5) is 11.5. The van der Waals surface area contributed by atoms with E-state index in [4.69, 9.17) is 21.5 Å². The number of sulfonamides is 1. The Morgan fingerprint density at radius 3 is 2.45 bits per heavy atom. The number of nitrogens with two attached hydrogens (primary N) is 1. The lowest BCUT2D eigenvalue weighted by Crippen LogP contribution is -2.19. The minimum atomic E-state index is -4.02. The molecule has 6 nitrogen and oxygen atoms in total. The summed E-state index contributed by atoms with van der Waals surface area (Å²) in [6, 6.07) is 13.1. The number of ether oxygens (including phenoxy) is 1. The molecule has 1 amide bonds. The van der Waals surface area contributed by atoms with E-state index in [1.54, 1.807) is 12.1 Å². The van der Waals surface area contributed by atoms with Gasteiger partial charge in [-0.1, -0.05) is 48.0 Å². The van der Waals surface area contributed by atoms with Crippen LogP contribution in [0, 0.1) is 0 Å². The molecule has 0 aliphatic rings. The van der Waals surface area contributed by atoms with E-state index < -0.39 is 16.1 Å². The molecule has 3 N–H and O–H groups in total. The quantitative estimate of drug-likeness (QED) is 0.893. The van der Waals surface area contributed by atoms with Crippen molar-refractivity contribution in [2.45, 2.75) is 11.5 Å². The first-order valence-electron chi connectivity index (χ1n) is 6.17. The zero-order valence-electron chi connectivity index (χ0n) is 11.3. The van der Waals surface area contributed by atoms with E-state index in [2.05, 4.69) is 5.32 Å². The van der Waals surface area contributed by atoms with E-state index in [9.17, 15) is 13.2 Å². The Morgan fingerprint density at radius 2 is 1.82 bits per heavy atom. The Bertz CT molecular complexity index is 779. The van der Waals surface area contributed by atoms with Gasteiger partial charge in [0.1, 0.15) is 11.5 Å². The number of rotatable bonds is 4. The number of carbonyl (C=O) groups excluding carboxylic acids is 1. The first-order valence-corrected chi connectivity index (χ1v) is 8.09. The molecule has 0 saturated heterocycles. The van der Waals surface area contributed by atoms with Crippen LogP contribution in [-0.2, 0) is 21.4 Å². The van der Waals surface area contributed by atoms with E-state index in [1.165, 1.54) is 18.2 Å². The number of halogens is 1.